The number of aliphatic hydroxyl groups is 3. The molecule has 31 heavy (non-hydrogen) atoms. The predicted octanol–water partition coefficient (Wildman–Crippen LogP) is -1.00. The van der Waals surface area contributed by atoms with Crippen molar-refractivity contribution in [2.75, 3.05) is 6.61 Å². The normalized spacial score (nSPS) is 15.3. The summed E-state index contributed by atoms with van der Waals surface area (Å²) in [5.41, 5.74) is 0.864. The number of phosphoric ester groups is 1. The van der Waals surface area contributed by atoms with Crippen LogP contribution in [0.1, 0.15) is 11.1 Å². The first kappa shape index (κ1) is 23.2. The van der Waals surface area contributed by atoms with Crippen LogP contribution >= 0.6 is 7.82 Å². The molecule has 3 rings (SSSR count). The number of hydrogen-bond acceptors (Lipinski definition) is 8. The predicted molar refractivity (Wildman–Crippen MR) is 109 cm³/mol. The molecule has 0 radical (unpaired) electrons. The maximum atomic E-state index is 12.3. The van der Waals surface area contributed by atoms with E-state index in [1.165, 1.54) is 4.57 Å². The highest BCUT2D eigenvalue weighted by Gasteiger charge is 2.29. The third kappa shape index (κ3) is 5.08. The van der Waals surface area contributed by atoms with Gasteiger partial charge in [-0.25, -0.2) is 9.36 Å². The molecule has 13 heteroatoms. The summed E-state index contributed by atoms with van der Waals surface area (Å²) < 4.78 is 16.3. The van der Waals surface area contributed by atoms with Crippen molar-refractivity contribution in [1.82, 2.24) is 14.5 Å². The van der Waals surface area contributed by atoms with Crippen molar-refractivity contribution in [3.05, 3.63) is 50.2 Å². The first-order valence-electron chi connectivity index (χ1n) is 9.16. The molecule has 0 saturated heterocycles. The number of aromatic amines is 1. The fraction of sp³-hybridized carbons (Fsp3) is 0.389. The number of nitrogens with one attached hydrogen (secondary N) is 1. The number of phosphoric acid groups is 1. The van der Waals surface area contributed by atoms with Gasteiger partial charge in [-0.15, -0.1) is 0 Å². The number of hydrogen-bond donors (Lipinski definition) is 6. The summed E-state index contributed by atoms with van der Waals surface area (Å²) in [7, 11) is -4.88. The van der Waals surface area contributed by atoms with E-state index in [-0.39, 0.29) is 17.9 Å². The van der Waals surface area contributed by atoms with Crippen molar-refractivity contribution < 1.29 is 34.2 Å². The summed E-state index contributed by atoms with van der Waals surface area (Å²) in [5, 5.41) is 31.2. The quantitative estimate of drug-likeness (QED) is 0.190. The molecule has 0 amide bonds. The van der Waals surface area contributed by atoms with E-state index in [1.807, 2.05) is 19.9 Å². The van der Waals surface area contributed by atoms with E-state index >= 15 is 0 Å². The Labute approximate surface area is 175 Å². The fourth-order valence-electron chi connectivity index (χ4n) is 3.24. The van der Waals surface area contributed by atoms with Gasteiger partial charge in [-0.05, 0) is 48.6 Å². The van der Waals surface area contributed by atoms with Gasteiger partial charge < -0.3 is 29.7 Å². The van der Waals surface area contributed by atoms with E-state index in [1.54, 1.807) is 12.1 Å². The Bertz CT molecular complexity index is 1250. The summed E-state index contributed by atoms with van der Waals surface area (Å²) in [6.07, 6.45) is -5.34. The van der Waals surface area contributed by atoms with Crippen molar-refractivity contribution in [3.8, 4) is 11.4 Å². The molecule has 0 aromatic heterocycles. The zero-order chi connectivity index (χ0) is 23.1. The molecule has 1 aromatic carbocycles. The van der Waals surface area contributed by atoms with Crippen LogP contribution in [0.5, 0.6) is 0 Å². The van der Waals surface area contributed by atoms with Crippen molar-refractivity contribution in [3.63, 3.8) is 0 Å². The Kier molecular flexibility index (Phi) is 6.44. The average molecular weight is 455 g/mol. The van der Waals surface area contributed by atoms with Gasteiger partial charge in [0.15, 0.2) is 5.82 Å². The Morgan fingerprint density at radius 1 is 1.10 bits per heavy atom. The Morgan fingerprint density at radius 2 is 1.74 bits per heavy atom. The van der Waals surface area contributed by atoms with Gasteiger partial charge >= 0.3 is 13.5 Å². The largest absolute Gasteiger partial charge is 0.469 e. The topological polar surface area (TPSA) is 195 Å². The molecule has 0 unspecified atom stereocenters. The monoisotopic (exact) mass is 455 g/mol. The van der Waals surface area contributed by atoms with E-state index in [4.69, 9.17) is 9.79 Å². The van der Waals surface area contributed by atoms with Crippen LogP contribution in [0.3, 0.4) is 0 Å². The van der Waals surface area contributed by atoms with E-state index in [2.05, 4.69) is 14.5 Å². The summed E-state index contributed by atoms with van der Waals surface area (Å²) in [4.78, 5) is 47.5. The molecule has 0 fully saturated rings. The number of nitrogens with zero attached hydrogens (tertiary/aromatic N) is 2. The van der Waals surface area contributed by atoms with Crippen LogP contribution in [-0.2, 0) is 15.6 Å². The lowest BCUT2D eigenvalue weighted by Gasteiger charge is -2.26. The van der Waals surface area contributed by atoms with Crippen LogP contribution in [0.15, 0.2) is 27.8 Å². The molecule has 1 aromatic rings. The second kappa shape index (κ2) is 8.60. The highest BCUT2D eigenvalue weighted by atomic mass is 31.2. The Morgan fingerprint density at radius 3 is 2.39 bits per heavy atom. The average Bonchev–Trinajstić information content (AvgIpc) is 2.67. The standard InChI is InChI=1S/C18H22N3O9P/c1-8-3-10-5-11-16(19-18(26)20-17(11)25)21(12(10)4-9(8)2)6-13(22)15(24)14(23)7-30-31(27,28)29/h3-5,13-15,22-24H,6-7H2,1-2H3,(H,20,25,26)(H2,27,28,29)/t13-,14+,15-/m0/s1. The number of H-pyrrole nitrogens is 1. The fourth-order valence-corrected chi connectivity index (χ4v) is 3.58. The maximum Gasteiger partial charge on any atom is 0.469 e. The molecular formula is C18H22N3O9P. The third-order valence-corrected chi connectivity index (χ3v) is 5.46. The molecule has 12 nitrogen and oxygen atoms in total. The third-order valence-electron chi connectivity index (χ3n) is 4.97. The lowest BCUT2D eigenvalue weighted by molar-refractivity contribution is -0.0793. The van der Waals surface area contributed by atoms with E-state index in [9.17, 15) is 29.5 Å². The number of aromatic nitrogens is 3. The first-order chi connectivity index (χ1) is 14.4. The number of aliphatic hydroxyl groups excluding tert-OH is 3. The van der Waals surface area contributed by atoms with Gasteiger partial charge in [-0.2, -0.15) is 4.98 Å². The number of rotatable bonds is 7. The summed E-state index contributed by atoms with van der Waals surface area (Å²) in [6.45, 7) is 2.41. The lowest BCUT2D eigenvalue weighted by atomic mass is 10.0. The van der Waals surface area contributed by atoms with Crippen molar-refractivity contribution >= 4 is 18.7 Å². The molecule has 2 heterocycles. The molecular weight excluding hydrogens is 433 g/mol. The van der Waals surface area contributed by atoms with E-state index < -0.39 is 44.0 Å². The Balaban J connectivity index is 2.06. The molecule has 2 aliphatic rings. The SMILES string of the molecule is Cc1cc2cc3c(=O)[nH]c(=O)nc-3n(C[C@H](O)[C@H](O)[C@H](O)COP(=O)(O)O)c2cc1C. The van der Waals surface area contributed by atoms with Gasteiger partial charge in [0, 0.05) is 0 Å². The number of fused-ring (bicyclic) bond motifs is 2. The Hall–Kier alpha value is -2.44. The smallest absolute Gasteiger partial charge is 0.388 e. The molecule has 168 valence electrons. The molecule has 2 aliphatic heterocycles. The van der Waals surface area contributed by atoms with Crippen molar-refractivity contribution in [2.45, 2.75) is 38.7 Å². The van der Waals surface area contributed by atoms with Gasteiger partial charge in [0.1, 0.15) is 18.3 Å². The van der Waals surface area contributed by atoms with Crippen LogP contribution < -0.4 is 11.2 Å². The second-order valence-electron chi connectivity index (χ2n) is 7.27. The zero-order valence-corrected chi connectivity index (χ0v) is 17.5. The summed E-state index contributed by atoms with van der Waals surface area (Å²) in [5.74, 6) is -0.0308. The van der Waals surface area contributed by atoms with Crippen molar-refractivity contribution in [2.24, 2.45) is 0 Å². The van der Waals surface area contributed by atoms with Crippen LogP contribution in [0, 0.1) is 13.8 Å². The van der Waals surface area contributed by atoms with Gasteiger partial charge in [0.2, 0.25) is 0 Å². The molecule has 6 N–H and O–H groups in total. The van der Waals surface area contributed by atoms with E-state index in [0.717, 1.165) is 11.1 Å². The summed E-state index contributed by atoms with van der Waals surface area (Å²) in [6, 6.07) is 5.14. The number of pyridine rings is 1. The highest BCUT2D eigenvalue weighted by molar-refractivity contribution is 7.46. The summed E-state index contributed by atoms with van der Waals surface area (Å²) >= 11 is 0. The van der Waals surface area contributed by atoms with Gasteiger partial charge in [-0.3, -0.25) is 14.3 Å². The maximum absolute atomic E-state index is 12.3. The number of aryl methyl sites for hydroxylation is 2. The lowest BCUT2D eigenvalue weighted by Crippen LogP contribution is -2.42. The molecule has 0 saturated carbocycles. The molecule has 3 atom stereocenters. The highest BCUT2D eigenvalue weighted by Crippen LogP contribution is 2.36. The zero-order valence-electron chi connectivity index (χ0n) is 16.6. The van der Waals surface area contributed by atoms with Crippen LogP contribution in [0.25, 0.3) is 22.3 Å². The number of benzene rings is 1. The van der Waals surface area contributed by atoms with Gasteiger partial charge in [-0.1, -0.05) is 0 Å². The second-order valence-corrected chi connectivity index (χ2v) is 8.51. The molecule has 0 aliphatic carbocycles. The van der Waals surface area contributed by atoms with Crippen LogP contribution in [0.2, 0.25) is 0 Å². The van der Waals surface area contributed by atoms with Gasteiger partial charge in [0.05, 0.1) is 24.2 Å². The van der Waals surface area contributed by atoms with Gasteiger partial charge in [0.25, 0.3) is 5.56 Å². The minimum Gasteiger partial charge on any atom is -0.388 e. The van der Waals surface area contributed by atoms with Crippen molar-refractivity contribution in [1.29, 1.82) is 0 Å². The minimum atomic E-state index is -4.88. The first-order valence-corrected chi connectivity index (χ1v) is 10.7. The van der Waals surface area contributed by atoms with E-state index in [0.29, 0.717) is 10.9 Å². The molecule has 0 bridgehead atoms. The van der Waals surface area contributed by atoms with Crippen LogP contribution in [-0.4, -0.2) is 64.6 Å². The van der Waals surface area contributed by atoms with Crippen LogP contribution in [0.4, 0.5) is 0 Å². The molecule has 0 spiro atoms. The minimum absolute atomic E-state index is 0.0308.